The minimum Gasteiger partial charge on any atom is -0.466 e. The number of fused-ring (bicyclic) bond motifs is 1. The predicted octanol–water partition coefficient (Wildman–Crippen LogP) is 3.71. The first-order valence-electron chi connectivity index (χ1n) is 7.79. The lowest BCUT2D eigenvalue weighted by Gasteiger charge is -2.22. The van der Waals surface area contributed by atoms with Gasteiger partial charge in [0.15, 0.2) is 0 Å². The minimum absolute atomic E-state index is 0.0791. The summed E-state index contributed by atoms with van der Waals surface area (Å²) in [5.41, 5.74) is 1.21. The molecule has 2 aromatic rings. The van der Waals surface area contributed by atoms with Crippen molar-refractivity contribution < 1.29 is 14.3 Å². The Kier molecular flexibility index (Phi) is 5.68. The molecule has 2 rings (SSSR count). The summed E-state index contributed by atoms with van der Waals surface area (Å²) in [6.07, 6.45) is 5.76. The monoisotopic (exact) mass is 326 g/mol. The Morgan fingerprint density at radius 1 is 1.25 bits per heavy atom. The van der Waals surface area contributed by atoms with E-state index in [-0.39, 0.29) is 11.3 Å². The van der Waals surface area contributed by atoms with E-state index in [1.807, 2.05) is 44.2 Å². The molecule has 0 atom stereocenters. The molecular weight excluding hydrogens is 304 g/mol. The SMILES string of the molecule is COC(=O)/C=C/CC(C)(C)CC(=O)Nc1cccc2cccnc12. The number of hydrogen-bond donors (Lipinski definition) is 1. The molecule has 1 heterocycles. The van der Waals surface area contributed by atoms with Crippen LogP contribution in [0.4, 0.5) is 5.69 Å². The summed E-state index contributed by atoms with van der Waals surface area (Å²) >= 11 is 0. The van der Waals surface area contributed by atoms with E-state index >= 15 is 0 Å². The van der Waals surface area contributed by atoms with Crippen molar-refractivity contribution in [2.45, 2.75) is 26.7 Å². The maximum absolute atomic E-state index is 12.4. The van der Waals surface area contributed by atoms with E-state index in [0.717, 1.165) is 10.9 Å². The molecule has 0 radical (unpaired) electrons. The number of rotatable bonds is 6. The Balaban J connectivity index is 2.01. The minimum atomic E-state index is -0.392. The second-order valence-corrected chi connectivity index (χ2v) is 6.40. The standard InChI is InChI=1S/C19H22N2O3/c1-19(2,11-5-10-17(23)24-3)13-16(22)21-15-9-4-7-14-8-6-12-20-18(14)15/h4-10,12H,11,13H2,1-3H3,(H,21,22)/b10-5+. The molecule has 0 fully saturated rings. The molecule has 0 aliphatic carbocycles. The molecular formula is C19H22N2O3. The number of para-hydroxylation sites is 1. The number of esters is 1. The van der Waals surface area contributed by atoms with Crippen molar-refractivity contribution in [3.8, 4) is 0 Å². The highest BCUT2D eigenvalue weighted by molar-refractivity contribution is 6.00. The molecule has 5 heteroatoms. The van der Waals surface area contributed by atoms with Gasteiger partial charge in [0, 0.05) is 24.1 Å². The van der Waals surface area contributed by atoms with Crippen molar-refractivity contribution in [3.05, 3.63) is 48.7 Å². The zero-order valence-electron chi connectivity index (χ0n) is 14.2. The summed E-state index contributed by atoms with van der Waals surface area (Å²) < 4.78 is 4.55. The predicted molar refractivity (Wildman–Crippen MR) is 94.5 cm³/mol. The van der Waals surface area contributed by atoms with Gasteiger partial charge < -0.3 is 10.1 Å². The number of allylic oxidation sites excluding steroid dienone is 1. The number of methoxy groups -OCH3 is 1. The number of nitrogens with one attached hydrogen (secondary N) is 1. The zero-order valence-corrected chi connectivity index (χ0v) is 14.2. The zero-order chi connectivity index (χ0) is 17.6. The number of carbonyl (C=O) groups is 2. The fourth-order valence-electron chi connectivity index (χ4n) is 2.45. The van der Waals surface area contributed by atoms with Crippen molar-refractivity contribution in [2.24, 2.45) is 5.41 Å². The Labute approximate surface area is 141 Å². The number of pyridine rings is 1. The molecule has 0 saturated carbocycles. The van der Waals surface area contributed by atoms with Crippen LogP contribution in [0.2, 0.25) is 0 Å². The molecule has 5 nitrogen and oxygen atoms in total. The Morgan fingerprint density at radius 2 is 2.00 bits per heavy atom. The molecule has 1 amide bonds. The first-order valence-corrected chi connectivity index (χ1v) is 7.79. The second kappa shape index (κ2) is 7.73. The fourth-order valence-corrected chi connectivity index (χ4v) is 2.45. The third-order valence-electron chi connectivity index (χ3n) is 3.67. The van der Waals surface area contributed by atoms with Gasteiger partial charge in [-0.25, -0.2) is 4.79 Å². The van der Waals surface area contributed by atoms with Crippen molar-refractivity contribution >= 4 is 28.5 Å². The lowest BCUT2D eigenvalue weighted by atomic mass is 9.85. The van der Waals surface area contributed by atoms with Crippen molar-refractivity contribution in [2.75, 3.05) is 12.4 Å². The molecule has 0 unspecified atom stereocenters. The molecule has 0 aliphatic rings. The number of nitrogens with zero attached hydrogens (tertiary/aromatic N) is 1. The van der Waals surface area contributed by atoms with Gasteiger partial charge in [-0.1, -0.05) is 38.1 Å². The number of aromatic nitrogens is 1. The number of benzene rings is 1. The van der Waals surface area contributed by atoms with E-state index in [1.54, 1.807) is 12.3 Å². The highest BCUT2D eigenvalue weighted by Gasteiger charge is 2.21. The third kappa shape index (κ3) is 4.91. The molecule has 24 heavy (non-hydrogen) atoms. The lowest BCUT2D eigenvalue weighted by Crippen LogP contribution is -2.22. The van der Waals surface area contributed by atoms with Crippen LogP contribution in [0, 0.1) is 5.41 Å². The maximum atomic E-state index is 12.4. The fraction of sp³-hybridized carbons (Fsp3) is 0.316. The van der Waals surface area contributed by atoms with Crippen LogP contribution >= 0.6 is 0 Å². The average molecular weight is 326 g/mol. The van der Waals surface area contributed by atoms with Gasteiger partial charge >= 0.3 is 5.97 Å². The van der Waals surface area contributed by atoms with E-state index in [2.05, 4.69) is 15.0 Å². The first-order chi connectivity index (χ1) is 11.4. The normalized spacial score (nSPS) is 11.6. The first kappa shape index (κ1) is 17.7. The van der Waals surface area contributed by atoms with E-state index < -0.39 is 5.97 Å². The maximum Gasteiger partial charge on any atom is 0.330 e. The average Bonchev–Trinajstić information content (AvgIpc) is 2.54. The van der Waals surface area contributed by atoms with E-state index in [0.29, 0.717) is 18.5 Å². The van der Waals surface area contributed by atoms with Gasteiger partial charge in [0.05, 0.1) is 18.3 Å². The third-order valence-corrected chi connectivity index (χ3v) is 3.67. The van der Waals surface area contributed by atoms with Crippen LogP contribution in [0.5, 0.6) is 0 Å². The molecule has 1 aromatic carbocycles. The number of ether oxygens (including phenoxy) is 1. The Hall–Kier alpha value is -2.69. The van der Waals surface area contributed by atoms with E-state index in [4.69, 9.17) is 0 Å². The second-order valence-electron chi connectivity index (χ2n) is 6.40. The topological polar surface area (TPSA) is 68.3 Å². The van der Waals surface area contributed by atoms with Crippen LogP contribution in [0.1, 0.15) is 26.7 Å². The smallest absolute Gasteiger partial charge is 0.330 e. The molecule has 0 bridgehead atoms. The summed E-state index contributed by atoms with van der Waals surface area (Å²) in [7, 11) is 1.34. The highest BCUT2D eigenvalue weighted by Crippen LogP contribution is 2.27. The largest absolute Gasteiger partial charge is 0.466 e. The van der Waals surface area contributed by atoms with Gasteiger partial charge in [0.2, 0.25) is 5.91 Å². The molecule has 0 spiro atoms. The van der Waals surface area contributed by atoms with Gasteiger partial charge in [-0.15, -0.1) is 0 Å². The molecule has 1 N–H and O–H groups in total. The van der Waals surface area contributed by atoms with Crippen LogP contribution in [0.25, 0.3) is 10.9 Å². The molecule has 126 valence electrons. The number of carbonyl (C=O) groups excluding carboxylic acids is 2. The Bertz CT molecular complexity index is 761. The highest BCUT2D eigenvalue weighted by atomic mass is 16.5. The van der Waals surface area contributed by atoms with Gasteiger partial charge in [-0.3, -0.25) is 9.78 Å². The van der Waals surface area contributed by atoms with Crippen LogP contribution in [0.15, 0.2) is 48.7 Å². The van der Waals surface area contributed by atoms with Crippen LogP contribution in [-0.4, -0.2) is 24.0 Å². The quantitative estimate of drug-likeness (QED) is 0.649. The van der Waals surface area contributed by atoms with Gasteiger partial charge in [0.25, 0.3) is 0 Å². The summed E-state index contributed by atoms with van der Waals surface area (Å²) in [4.78, 5) is 27.8. The Morgan fingerprint density at radius 3 is 2.75 bits per heavy atom. The summed E-state index contributed by atoms with van der Waals surface area (Å²) in [5, 5.41) is 3.92. The van der Waals surface area contributed by atoms with Crippen molar-refractivity contribution in [1.82, 2.24) is 4.98 Å². The van der Waals surface area contributed by atoms with E-state index in [9.17, 15) is 9.59 Å². The molecule has 0 saturated heterocycles. The number of hydrogen-bond acceptors (Lipinski definition) is 4. The van der Waals surface area contributed by atoms with Crippen LogP contribution in [0.3, 0.4) is 0 Å². The molecule has 1 aromatic heterocycles. The van der Waals surface area contributed by atoms with Gasteiger partial charge in [-0.05, 0) is 24.0 Å². The summed E-state index contributed by atoms with van der Waals surface area (Å²) in [6, 6.07) is 9.52. The number of amides is 1. The van der Waals surface area contributed by atoms with Crippen LogP contribution < -0.4 is 5.32 Å². The number of anilines is 1. The van der Waals surface area contributed by atoms with E-state index in [1.165, 1.54) is 13.2 Å². The summed E-state index contributed by atoms with van der Waals surface area (Å²) in [6.45, 7) is 3.96. The van der Waals surface area contributed by atoms with Crippen molar-refractivity contribution in [1.29, 1.82) is 0 Å². The van der Waals surface area contributed by atoms with Gasteiger partial charge in [-0.2, -0.15) is 0 Å². The van der Waals surface area contributed by atoms with Gasteiger partial charge in [0.1, 0.15) is 0 Å². The van der Waals surface area contributed by atoms with Crippen LogP contribution in [-0.2, 0) is 14.3 Å². The molecule has 0 aliphatic heterocycles. The lowest BCUT2D eigenvalue weighted by molar-refractivity contribution is -0.134. The van der Waals surface area contributed by atoms with Crippen molar-refractivity contribution in [3.63, 3.8) is 0 Å². The summed E-state index contributed by atoms with van der Waals surface area (Å²) in [5.74, 6) is -0.471.